The Balaban J connectivity index is 2.41. The van der Waals surface area contributed by atoms with Crippen LogP contribution in [0.15, 0.2) is 18.2 Å². The zero-order valence-electron chi connectivity index (χ0n) is 11.0. The fraction of sp³-hybridized carbons (Fsp3) is 0.571. The first kappa shape index (κ1) is 15.1. The maximum atomic E-state index is 13.0. The SMILES string of the molecule is CC(C)(CCCO)CNCc1cc(F)cc(F)c1. The van der Waals surface area contributed by atoms with Crippen LogP contribution in [0.25, 0.3) is 0 Å². The zero-order valence-corrected chi connectivity index (χ0v) is 11.0. The Bertz CT molecular complexity index is 360. The van der Waals surface area contributed by atoms with E-state index in [4.69, 9.17) is 5.11 Å². The van der Waals surface area contributed by atoms with Crippen molar-refractivity contribution in [2.45, 2.75) is 33.2 Å². The number of nitrogens with one attached hydrogen (secondary N) is 1. The first-order valence-corrected chi connectivity index (χ1v) is 6.19. The highest BCUT2D eigenvalue weighted by molar-refractivity contribution is 5.17. The van der Waals surface area contributed by atoms with Crippen LogP contribution in [0.4, 0.5) is 8.78 Å². The molecule has 0 aliphatic heterocycles. The molecular formula is C14H21F2NO. The van der Waals surface area contributed by atoms with E-state index in [0.29, 0.717) is 12.1 Å². The van der Waals surface area contributed by atoms with Gasteiger partial charge in [-0.1, -0.05) is 13.8 Å². The molecule has 2 N–H and O–H groups in total. The minimum atomic E-state index is -0.550. The van der Waals surface area contributed by atoms with Crippen molar-refractivity contribution < 1.29 is 13.9 Å². The Hall–Kier alpha value is -1.00. The van der Waals surface area contributed by atoms with Crippen molar-refractivity contribution in [2.75, 3.05) is 13.2 Å². The summed E-state index contributed by atoms with van der Waals surface area (Å²) < 4.78 is 25.9. The van der Waals surface area contributed by atoms with Gasteiger partial charge in [0.05, 0.1) is 0 Å². The molecule has 0 saturated heterocycles. The molecular weight excluding hydrogens is 236 g/mol. The van der Waals surface area contributed by atoms with Gasteiger partial charge in [0.1, 0.15) is 11.6 Å². The lowest BCUT2D eigenvalue weighted by molar-refractivity contribution is 0.236. The van der Waals surface area contributed by atoms with Crippen LogP contribution >= 0.6 is 0 Å². The molecule has 0 aliphatic rings. The van der Waals surface area contributed by atoms with E-state index in [0.717, 1.165) is 25.5 Å². The van der Waals surface area contributed by atoms with Gasteiger partial charge in [0, 0.05) is 25.8 Å². The molecule has 1 rings (SSSR count). The maximum absolute atomic E-state index is 13.0. The normalized spacial score (nSPS) is 11.8. The lowest BCUT2D eigenvalue weighted by Gasteiger charge is -2.24. The second-order valence-electron chi connectivity index (χ2n) is 5.37. The van der Waals surface area contributed by atoms with Gasteiger partial charge in [0.25, 0.3) is 0 Å². The molecule has 0 amide bonds. The topological polar surface area (TPSA) is 32.3 Å². The third-order valence-corrected chi connectivity index (χ3v) is 2.87. The summed E-state index contributed by atoms with van der Waals surface area (Å²) in [6.45, 7) is 5.57. The molecule has 0 bridgehead atoms. The van der Waals surface area contributed by atoms with E-state index in [9.17, 15) is 8.78 Å². The van der Waals surface area contributed by atoms with Crippen molar-refractivity contribution in [3.8, 4) is 0 Å². The smallest absolute Gasteiger partial charge is 0.126 e. The quantitative estimate of drug-likeness (QED) is 0.787. The van der Waals surface area contributed by atoms with Crippen LogP contribution in [0.2, 0.25) is 0 Å². The number of benzene rings is 1. The summed E-state index contributed by atoms with van der Waals surface area (Å²) in [6.07, 6.45) is 1.68. The zero-order chi connectivity index (χ0) is 13.6. The van der Waals surface area contributed by atoms with E-state index in [1.165, 1.54) is 12.1 Å². The van der Waals surface area contributed by atoms with Crippen LogP contribution < -0.4 is 5.32 Å². The van der Waals surface area contributed by atoms with Crippen molar-refractivity contribution in [1.82, 2.24) is 5.32 Å². The Morgan fingerprint density at radius 3 is 2.33 bits per heavy atom. The molecule has 1 aromatic rings. The molecule has 1 aromatic carbocycles. The van der Waals surface area contributed by atoms with Gasteiger partial charge in [-0.15, -0.1) is 0 Å². The highest BCUT2D eigenvalue weighted by atomic mass is 19.1. The van der Waals surface area contributed by atoms with E-state index in [1.54, 1.807) is 0 Å². The molecule has 18 heavy (non-hydrogen) atoms. The lowest BCUT2D eigenvalue weighted by Crippen LogP contribution is -2.29. The van der Waals surface area contributed by atoms with Gasteiger partial charge in [-0.05, 0) is 36.0 Å². The molecule has 0 saturated carbocycles. The third-order valence-electron chi connectivity index (χ3n) is 2.87. The monoisotopic (exact) mass is 257 g/mol. The second-order valence-corrected chi connectivity index (χ2v) is 5.37. The molecule has 0 unspecified atom stereocenters. The molecule has 0 spiro atoms. The Morgan fingerprint density at radius 1 is 1.17 bits per heavy atom. The van der Waals surface area contributed by atoms with Gasteiger partial charge in [-0.2, -0.15) is 0 Å². The number of halogens is 2. The number of rotatable bonds is 7. The van der Waals surface area contributed by atoms with E-state index in [2.05, 4.69) is 19.2 Å². The lowest BCUT2D eigenvalue weighted by atomic mass is 9.88. The minimum absolute atomic E-state index is 0.0641. The summed E-state index contributed by atoms with van der Waals surface area (Å²) in [6, 6.07) is 3.53. The van der Waals surface area contributed by atoms with Crippen LogP contribution in [0.3, 0.4) is 0 Å². The van der Waals surface area contributed by atoms with Gasteiger partial charge in [0.15, 0.2) is 0 Å². The molecule has 0 fully saturated rings. The fourth-order valence-electron chi connectivity index (χ4n) is 1.90. The molecule has 0 aliphatic carbocycles. The van der Waals surface area contributed by atoms with Crippen LogP contribution in [0.1, 0.15) is 32.3 Å². The van der Waals surface area contributed by atoms with Crippen molar-refractivity contribution >= 4 is 0 Å². The van der Waals surface area contributed by atoms with Crippen LogP contribution in [0, 0.1) is 17.0 Å². The molecule has 0 aromatic heterocycles. The Labute approximate surface area is 107 Å². The van der Waals surface area contributed by atoms with E-state index >= 15 is 0 Å². The van der Waals surface area contributed by atoms with Gasteiger partial charge >= 0.3 is 0 Å². The Kier molecular flexibility index (Phi) is 5.69. The molecule has 102 valence electrons. The third kappa shape index (κ3) is 5.56. The predicted molar refractivity (Wildman–Crippen MR) is 68.2 cm³/mol. The summed E-state index contributed by atoms with van der Waals surface area (Å²) in [4.78, 5) is 0. The number of hydrogen-bond acceptors (Lipinski definition) is 2. The summed E-state index contributed by atoms with van der Waals surface area (Å²) in [5.74, 6) is -1.10. The maximum Gasteiger partial charge on any atom is 0.126 e. The summed E-state index contributed by atoms with van der Waals surface area (Å²) >= 11 is 0. The van der Waals surface area contributed by atoms with Crippen LogP contribution in [0.5, 0.6) is 0 Å². The van der Waals surface area contributed by atoms with Gasteiger partial charge < -0.3 is 10.4 Å². The molecule has 2 nitrogen and oxygen atoms in total. The predicted octanol–water partition coefficient (Wildman–Crippen LogP) is 2.85. The summed E-state index contributed by atoms with van der Waals surface area (Å²) in [7, 11) is 0. The van der Waals surface area contributed by atoms with Crippen molar-refractivity contribution in [1.29, 1.82) is 0 Å². The Morgan fingerprint density at radius 2 is 1.78 bits per heavy atom. The van der Waals surface area contributed by atoms with E-state index in [1.807, 2.05) is 0 Å². The van der Waals surface area contributed by atoms with E-state index < -0.39 is 11.6 Å². The largest absolute Gasteiger partial charge is 0.396 e. The fourth-order valence-corrected chi connectivity index (χ4v) is 1.90. The van der Waals surface area contributed by atoms with Gasteiger partial charge in [-0.3, -0.25) is 0 Å². The number of aliphatic hydroxyl groups is 1. The molecule has 0 heterocycles. The average Bonchev–Trinajstić information content (AvgIpc) is 2.25. The summed E-state index contributed by atoms with van der Waals surface area (Å²) in [5, 5.41) is 12.0. The highest BCUT2D eigenvalue weighted by Gasteiger charge is 2.16. The first-order valence-electron chi connectivity index (χ1n) is 6.19. The van der Waals surface area contributed by atoms with Crippen molar-refractivity contribution in [2.24, 2.45) is 5.41 Å². The van der Waals surface area contributed by atoms with Crippen LogP contribution in [-0.2, 0) is 6.54 Å². The second kappa shape index (κ2) is 6.81. The van der Waals surface area contributed by atoms with Crippen molar-refractivity contribution in [3.05, 3.63) is 35.4 Å². The van der Waals surface area contributed by atoms with Crippen molar-refractivity contribution in [3.63, 3.8) is 0 Å². The van der Waals surface area contributed by atoms with Crippen LogP contribution in [-0.4, -0.2) is 18.3 Å². The number of hydrogen-bond donors (Lipinski definition) is 2. The standard InChI is InChI=1S/C14H21F2NO/c1-14(2,4-3-5-18)10-17-9-11-6-12(15)8-13(16)7-11/h6-8,17-18H,3-5,9-10H2,1-2H3. The molecule has 0 radical (unpaired) electrons. The molecule has 4 heteroatoms. The minimum Gasteiger partial charge on any atom is -0.396 e. The molecule has 0 atom stereocenters. The average molecular weight is 257 g/mol. The summed E-state index contributed by atoms with van der Waals surface area (Å²) in [5.41, 5.74) is 0.666. The van der Waals surface area contributed by atoms with Gasteiger partial charge in [0.2, 0.25) is 0 Å². The highest BCUT2D eigenvalue weighted by Crippen LogP contribution is 2.21. The van der Waals surface area contributed by atoms with Gasteiger partial charge in [-0.25, -0.2) is 8.78 Å². The van der Waals surface area contributed by atoms with E-state index in [-0.39, 0.29) is 12.0 Å². The number of aliphatic hydroxyl groups excluding tert-OH is 1. The first-order chi connectivity index (χ1) is 8.43.